The molecule has 0 spiro atoms. The zero-order valence-corrected chi connectivity index (χ0v) is 9.58. The predicted octanol–water partition coefficient (Wildman–Crippen LogP) is 2.64. The number of para-hydroxylation sites is 1. The lowest BCUT2D eigenvalue weighted by Crippen LogP contribution is -2.34. The topological polar surface area (TPSA) is 15.3 Å². The molecule has 0 saturated heterocycles. The number of hydrogen-bond acceptors (Lipinski definition) is 2. The van der Waals surface area contributed by atoms with Gasteiger partial charge in [0.1, 0.15) is 0 Å². The van der Waals surface area contributed by atoms with Crippen LogP contribution in [-0.2, 0) is 0 Å². The third-order valence-corrected chi connectivity index (χ3v) is 2.89. The van der Waals surface area contributed by atoms with Gasteiger partial charge in [-0.05, 0) is 28.1 Å². The maximum absolute atomic E-state index is 5.13. The Balaban J connectivity index is 2.55. The molecule has 13 heavy (non-hydrogen) atoms. The molecule has 0 aliphatic carbocycles. The molecular weight excluding hydrogens is 248 g/mol. The molecule has 0 saturated carbocycles. The third kappa shape index (κ3) is 1.56. The highest BCUT2D eigenvalue weighted by molar-refractivity contribution is 9.10. The van der Waals surface area contributed by atoms with E-state index in [1.807, 2.05) is 25.2 Å². The van der Waals surface area contributed by atoms with E-state index in [1.54, 1.807) is 0 Å². The van der Waals surface area contributed by atoms with Gasteiger partial charge in [-0.2, -0.15) is 0 Å². The molecule has 1 aliphatic heterocycles. The number of nitrogens with zero attached hydrogens (tertiary/aromatic N) is 1. The van der Waals surface area contributed by atoms with Gasteiger partial charge in [0.15, 0.2) is 0 Å². The van der Waals surface area contributed by atoms with Crippen molar-refractivity contribution in [3.63, 3.8) is 0 Å². The number of halogens is 1. The van der Waals surface area contributed by atoms with E-state index in [-0.39, 0.29) is 0 Å². The van der Waals surface area contributed by atoms with Crippen LogP contribution in [0.4, 0.5) is 11.4 Å². The van der Waals surface area contributed by atoms with Gasteiger partial charge in [-0.25, -0.2) is 0 Å². The van der Waals surface area contributed by atoms with Gasteiger partial charge in [-0.15, -0.1) is 0 Å². The molecule has 0 amide bonds. The van der Waals surface area contributed by atoms with Gasteiger partial charge >= 0.3 is 0 Å². The fraction of sp³-hybridized carbons (Fsp3) is 0.222. The van der Waals surface area contributed by atoms with E-state index in [4.69, 9.17) is 12.2 Å². The Morgan fingerprint density at radius 1 is 1.54 bits per heavy atom. The van der Waals surface area contributed by atoms with Crippen LogP contribution >= 0.6 is 28.1 Å². The van der Waals surface area contributed by atoms with E-state index in [9.17, 15) is 0 Å². The summed E-state index contributed by atoms with van der Waals surface area (Å²) >= 11 is 8.65. The van der Waals surface area contributed by atoms with E-state index in [0.29, 0.717) is 0 Å². The molecule has 0 radical (unpaired) electrons. The number of fused-ring (bicyclic) bond motifs is 1. The van der Waals surface area contributed by atoms with Gasteiger partial charge in [-0.1, -0.05) is 18.3 Å². The summed E-state index contributed by atoms with van der Waals surface area (Å²) in [6.45, 7) is 0.783. The standard InChI is InChI=1S/C9H9BrN2S/c1-12-5-8(13)11-7-4-2-3-6(10)9(7)12/h2-4H,5H2,1H3,(H,11,13). The van der Waals surface area contributed by atoms with Crippen LogP contribution in [0.2, 0.25) is 0 Å². The summed E-state index contributed by atoms with van der Waals surface area (Å²) in [6, 6.07) is 6.06. The van der Waals surface area contributed by atoms with Crippen molar-refractivity contribution in [1.82, 2.24) is 0 Å². The molecule has 1 aliphatic rings. The smallest absolute Gasteiger partial charge is 0.0994 e. The van der Waals surface area contributed by atoms with Gasteiger partial charge in [0, 0.05) is 11.5 Å². The Morgan fingerprint density at radius 3 is 3.08 bits per heavy atom. The molecule has 1 heterocycles. The van der Waals surface area contributed by atoms with Gasteiger partial charge in [0.05, 0.1) is 22.9 Å². The van der Waals surface area contributed by atoms with Crippen LogP contribution in [0.25, 0.3) is 0 Å². The normalized spacial score (nSPS) is 15.2. The van der Waals surface area contributed by atoms with Crippen LogP contribution < -0.4 is 10.2 Å². The fourth-order valence-corrected chi connectivity index (χ4v) is 2.46. The molecule has 0 unspecified atom stereocenters. The van der Waals surface area contributed by atoms with Gasteiger partial charge in [-0.3, -0.25) is 0 Å². The highest BCUT2D eigenvalue weighted by atomic mass is 79.9. The zero-order chi connectivity index (χ0) is 9.42. The second-order valence-corrected chi connectivity index (χ2v) is 4.39. The lowest BCUT2D eigenvalue weighted by Gasteiger charge is -2.29. The van der Waals surface area contributed by atoms with Crippen molar-refractivity contribution in [3.8, 4) is 0 Å². The molecule has 2 rings (SSSR count). The van der Waals surface area contributed by atoms with Crippen molar-refractivity contribution in [2.24, 2.45) is 0 Å². The summed E-state index contributed by atoms with van der Waals surface area (Å²) in [5.41, 5.74) is 2.25. The second kappa shape index (κ2) is 3.27. The predicted molar refractivity (Wildman–Crippen MR) is 63.6 cm³/mol. The Bertz CT molecular complexity index is 365. The Kier molecular flexibility index (Phi) is 2.26. The summed E-state index contributed by atoms with van der Waals surface area (Å²) in [4.78, 5) is 3.01. The minimum atomic E-state index is 0.783. The second-order valence-electron chi connectivity index (χ2n) is 3.04. The average Bonchev–Trinajstić information content (AvgIpc) is 2.02. The quantitative estimate of drug-likeness (QED) is 0.719. The van der Waals surface area contributed by atoms with Crippen LogP contribution in [0.3, 0.4) is 0 Å². The van der Waals surface area contributed by atoms with E-state index in [2.05, 4.69) is 26.1 Å². The van der Waals surface area contributed by atoms with Crippen molar-refractivity contribution in [2.45, 2.75) is 0 Å². The van der Waals surface area contributed by atoms with E-state index in [0.717, 1.165) is 21.7 Å². The number of anilines is 2. The molecule has 0 bridgehead atoms. The summed E-state index contributed by atoms with van der Waals surface area (Å²) in [5.74, 6) is 0. The molecule has 1 N–H and O–H groups in total. The lowest BCUT2D eigenvalue weighted by molar-refractivity contribution is 1.05. The van der Waals surface area contributed by atoms with Gasteiger partial charge in [0.2, 0.25) is 0 Å². The number of likely N-dealkylation sites (N-methyl/N-ethyl adjacent to an activating group) is 1. The van der Waals surface area contributed by atoms with E-state index >= 15 is 0 Å². The maximum atomic E-state index is 5.13. The number of nitrogens with one attached hydrogen (secondary N) is 1. The molecule has 0 atom stereocenters. The SMILES string of the molecule is CN1CC(=S)Nc2cccc(Br)c21. The minimum absolute atomic E-state index is 0.783. The van der Waals surface area contributed by atoms with Gasteiger partial charge < -0.3 is 10.2 Å². The molecule has 0 fully saturated rings. The maximum Gasteiger partial charge on any atom is 0.0994 e. The number of benzene rings is 1. The van der Waals surface area contributed by atoms with Crippen molar-refractivity contribution in [1.29, 1.82) is 0 Å². The molecule has 1 aromatic carbocycles. The number of rotatable bonds is 0. The summed E-state index contributed by atoms with van der Waals surface area (Å²) in [7, 11) is 2.04. The van der Waals surface area contributed by atoms with E-state index < -0.39 is 0 Å². The monoisotopic (exact) mass is 256 g/mol. The highest BCUT2D eigenvalue weighted by Gasteiger charge is 2.18. The fourth-order valence-electron chi connectivity index (χ4n) is 1.49. The minimum Gasteiger partial charge on any atom is -0.365 e. The Morgan fingerprint density at radius 2 is 2.31 bits per heavy atom. The third-order valence-electron chi connectivity index (χ3n) is 2.02. The molecule has 68 valence electrons. The van der Waals surface area contributed by atoms with Crippen LogP contribution in [0.5, 0.6) is 0 Å². The zero-order valence-electron chi connectivity index (χ0n) is 7.17. The van der Waals surface area contributed by atoms with E-state index in [1.165, 1.54) is 5.69 Å². The van der Waals surface area contributed by atoms with Crippen LogP contribution in [0.15, 0.2) is 22.7 Å². The molecule has 4 heteroatoms. The first-order valence-electron chi connectivity index (χ1n) is 3.98. The van der Waals surface area contributed by atoms with Crippen LogP contribution in [0.1, 0.15) is 0 Å². The number of thiocarbonyl (C=S) groups is 1. The first-order chi connectivity index (χ1) is 6.18. The van der Waals surface area contributed by atoms with Crippen molar-refractivity contribution < 1.29 is 0 Å². The highest BCUT2D eigenvalue weighted by Crippen LogP contribution is 2.35. The van der Waals surface area contributed by atoms with Gasteiger partial charge in [0.25, 0.3) is 0 Å². The molecule has 2 nitrogen and oxygen atoms in total. The number of hydrogen-bond donors (Lipinski definition) is 1. The van der Waals surface area contributed by atoms with Crippen LogP contribution in [-0.4, -0.2) is 18.6 Å². The Labute approximate surface area is 91.1 Å². The largest absolute Gasteiger partial charge is 0.365 e. The first kappa shape index (κ1) is 8.97. The molecular formula is C9H9BrN2S. The van der Waals surface area contributed by atoms with Crippen LogP contribution in [0, 0.1) is 0 Å². The van der Waals surface area contributed by atoms with Crippen molar-refractivity contribution >= 4 is 44.5 Å². The summed E-state index contributed by atoms with van der Waals surface area (Å²) in [6.07, 6.45) is 0. The van der Waals surface area contributed by atoms with Crippen molar-refractivity contribution in [3.05, 3.63) is 22.7 Å². The first-order valence-corrected chi connectivity index (χ1v) is 5.18. The molecule has 1 aromatic rings. The Hall–Kier alpha value is -0.610. The molecule has 0 aromatic heterocycles. The van der Waals surface area contributed by atoms with Crippen molar-refractivity contribution in [2.75, 3.05) is 23.8 Å². The average molecular weight is 257 g/mol. The summed E-state index contributed by atoms with van der Waals surface area (Å²) < 4.78 is 1.10. The summed E-state index contributed by atoms with van der Waals surface area (Å²) in [5, 5.41) is 3.19. The lowest BCUT2D eigenvalue weighted by atomic mass is 10.2.